The van der Waals surface area contributed by atoms with Gasteiger partial charge in [0.2, 0.25) is 11.7 Å². The molecule has 2 heterocycles. The van der Waals surface area contributed by atoms with E-state index in [9.17, 15) is 0 Å². The standard InChI is InChI=1S/C22H25BrN4O2/c1-16-3-6-18(7-4-16)22-24-21(29-25-22)15-27-11-9-26(10-12-27)14-17-5-8-20(28-2)19(23)13-17/h3-8,13H,9-12,14-15H2,1-2H3. The molecule has 0 amide bonds. The van der Waals surface area contributed by atoms with E-state index in [1.54, 1.807) is 7.11 Å². The molecule has 0 saturated carbocycles. The van der Waals surface area contributed by atoms with Crippen LogP contribution in [-0.2, 0) is 13.1 Å². The van der Waals surface area contributed by atoms with Crippen molar-refractivity contribution in [3.05, 3.63) is 64.0 Å². The van der Waals surface area contributed by atoms with Crippen molar-refractivity contribution in [2.75, 3.05) is 33.3 Å². The number of aromatic nitrogens is 2. The van der Waals surface area contributed by atoms with Crippen LogP contribution in [0, 0.1) is 6.92 Å². The topological polar surface area (TPSA) is 54.6 Å². The lowest BCUT2D eigenvalue weighted by Gasteiger charge is -2.34. The van der Waals surface area contributed by atoms with Crippen LogP contribution in [-0.4, -0.2) is 53.2 Å². The number of hydrogen-bond acceptors (Lipinski definition) is 6. The fraction of sp³-hybridized carbons (Fsp3) is 0.364. The maximum Gasteiger partial charge on any atom is 0.241 e. The number of ether oxygens (including phenoxy) is 1. The van der Waals surface area contributed by atoms with Gasteiger partial charge in [-0.1, -0.05) is 41.1 Å². The Bertz CT molecular complexity index is 950. The second kappa shape index (κ2) is 9.07. The van der Waals surface area contributed by atoms with Crippen molar-refractivity contribution in [3.8, 4) is 17.1 Å². The van der Waals surface area contributed by atoms with Crippen LogP contribution in [0.15, 0.2) is 51.5 Å². The van der Waals surface area contributed by atoms with Crippen molar-refractivity contribution in [1.29, 1.82) is 0 Å². The summed E-state index contributed by atoms with van der Waals surface area (Å²) in [6, 6.07) is 14.5. The SMILES string of the molecule is COc1ccc(CN2CCN(Cc3nc(-c4ccc(C)cc4)no3)CC2)cc1Br. The Morgan fingerprint density at radius 1 is 1.00 bits per heavy atom. The van der Waals surface area contributed by atoms with Gasteiger partial charge >= 0.3 is 0 Å². The molecule has 0 unspecified atom stereocenters. The second-order valence-electron chi connectivity index (χ2n) is 7.40. The third kappa shape index (κ3) is 5.04. The summed E-state index contributed by atoms with van der Waals surface area (Å²) in [5, 5.41) is 4.14. The second-order valence-corrected chi connectivity index (χ2v) is 8.25. The Labute approximate surface area is 179 Å². The van der Waals surface area contributed by atoms with Crippen LogP contribution in [0.3, 0.4) is 0 Å². The summed E-state index contributed by atoms with van der Waals surface area (Å²) in [7, 11) is 1.69. The number of piperazine rings is 1. The predicted molar refractivity (Wildman–Crippen MR) is 116 cm³/mol. The maximum atomic E-state index is 5.48. The fourth-order valence-corrected chi connectivity index (χ4v) is 4.09. The van der Waals surface area contributed by atoms with E-state index in [-0.39, 0.29) is 0 Å². The Morgan fingerprint density at radius 2 is 1.69 bits per heavy atom. The number of rotatable bonds is 6. The van der Waals surface area contributed by atoms with Crippen molar-refractivity contribution in [2.45, 2.75) is 20.0 Å². The molecule has 3 aromatic rings. The molecule has 1 saturated heterocycles. The minimum Gasteiger partial charge on any atom is -0.496 e. The quantitative estimate of drug-likeness (QED) is 0.555. The minimum absolute atomic E-state index is 0.656. The van der Waals surface area contributed by atoms with E-state index < -0.39 is 0 Å². The third-order valence-corrected chi connectivity index (χ3v) is 5.84. The first-order chi connectivity index (χ1) is 14.1. The van der Waals surface area contributed by atoms with Gasteiger partial charge in [0.1, 0.15) is 5.75 Å². The number of benzene rings is 2. The van der Waals surface area contributed by atoms with Gasteiger partial charge in [0.05, 0.1) is 18.1 Å². The first-order valence-corrected chi connectivity index (χ1v) is 10.6. The number of hydrogen-bond donors (Lipinski definition) is 0. The van der Waals surface area contributed by atoms with Crippen LogP contribution in [0.25, 0.3) is 11.4 Å². The maximum absolute atomic E-state index is 5.48. The number of aryl methyl sites for hydroxylation is 1. The summed E-state index contributed by atoms with van der Waals surface area (Å²) in [6.45, 7) is 7.71. The molecule has 152 valence electrons. The molecule has 0 bridgehead atoms. The van der Waals surface area contributed by atoms with Crippen LogP contribution < -0.4 is 4.74 Å². The van der Waals surface area contributed by atoms with E-state index in [1.807, 2.05) is 18.2 Å². The summed E-state index contributed by atoms with van der Waals surface area (Å²) < 4.78 is 11.8. The average Bonchev–Trinajstić information content (AvgIpc) is 3.19. The summed E-state index contributed by atoms with van der Waals surface area (Å²) in [4.78, 5) is 9.40. The molecular weight excluding hydrogens is 432 g/mol. The molecule has 4 rings (SSSR count). The molecule has 0 radical (unpaired) electrons. The van der Waals surface area contributed by atoms with Gasteiger partial charge in [-0.25, -0.2) is 0 Å². The summed E-state index contributed by atoms with van der Waals surface area (Å²) in [5.41, 5.74) is 3.49. The third-order valence-electron chi connectivity index (χ3n) is 5.22. The molecule has 0 spiro atoms. The molecule has 29 heavy (non-hydrogen) atoms. The van der Waals surface area contributed by atoms with E-state index in [2.05, 4.69) is 67.1 Å². The van der Waals surface area contributed by atoms with Crippen LogP contribution in [0.1, 0.15) is 17.0 Å². The normalized spacial score (nSPS) is 15.6. The highest BCUT2D eigenvalue weighted by atomic mass is 79.9. The van der Waals surface area contributed by atoms with Crippen LogP contribution in [0.5, 0.6) is 5.75 Å². The predicted octanol–water partition coefficient (Wildman–Crippen LogP) is 4.13. The van der Waals surface area contributed by atoms with Crippen molar-refractivity contribution in [2.24, 2.45) is 0 Å². The zero-order chi connectivity index (χ0) is 20.2. The highest BCUT2D eigenvalue weighted by molar-refractivity contribution is 9.10. The minimum atomic E-state index is 0.656. The lowest BCUT2D eigenvalue weighted by Crippen LogP contribution is -2.45. The lowest BCUT2D eigenvalue weighted by molar-refractivity contribution is 0.112. The number of nitrogens with zero attached hydrogens (tertiary/aromatic N) is 4. The number of methoxy groups -OCH3 is 1. The Kier molecular flexibility index (Phi) is 6.28. The van der Waals surface area contributed by atoms with E-state index >= 15 is 0 Å². The van der Waals surface area contributed by atoms with Gasteiger partial charge in [-0.2, -0.15) is 4.98 Å². The van der Waals surface area contributed by atoms with Gasteiger partial charge in [0, 0.05) is 38.3 Å². The largest absolute Gasteiger partial charge is 0.496 e. The fourth-order valence-electron chi connectivity index (χ4n) is 3.50. The Balaban J connectivity index is 1.29. The molecule has 0 aliphatic carbocycles. The van der Waals surface area contributed by atoms with Crippen molar-refractivity contribution in [1.82, 2.24) is 19.9 Å². The molecule has 6 nitrogen and oxygen atoms in total. The van der Waals surface area contributed by atoms with E-state index in [1.165, 1.54) is 11.1 Å². The molecule has 1 aliphatic heterocycles. The highest BCUT2D eigenvalue weighted by Gasteiger charge is 2.20. The van der Waals surface area contributed by atoms with Crippen LogP contribution in [0.2, 0.25) is 0 Å². The molecule has 1 aromatic heterocycles. The summed E-state index contributed by atoms with van der Waals surface area (Å²) >= 11 is 3.57. The first-order valence-electron chi connectivity index (χ1n) is 9.77. The zero-order valence-corrected chi connectivity index (χ0v) is 18.4. The van der Waals surface area contributed by atoms with Gasteiger partial charge in [-0.05, 0) is 40.5 Å². The Morgan fingerprint density at radius 3 is 2.34 bits per heavy atom. The Hall–Kier alpha value is -2.22. The van der Waals surface area contributed by atoms with Crippen molar-refractivity contribution in [3.63, 3.8) is 0 Å². The smallest absolute Gasteiger partial charge is 0.241 e. The van der Waals surface area contributed by atoms with Gasteiger partial charge in [-0.15, -0.1) is 0 Å². The summed E-state index contributed by atoms with van der Waals surface area (Å²) in [5.74, 6) is 2.19. The van der Waals surface area contributed by atoms with Gasteiger partial charge < -0.3 is 9.26 Å². The number of halogens is 1. The van der Waals surface area contributed by atoms with E-state index in [4.69, 9.17) is 9.26 Å². The van der Waals surface area contributed by atoms with Crippen LogP contribution in [0.4, 0.5) is 0 Å². The van der Waals surface area contributed by atoms with Crippen molar-refractivity contribution >= 4 is 15.9 Å². The zero-order valence-electron chi connectivity index (χ0n) is 16.8. The average molecular weight is 457 g/mol. The first kappa shape index (κ1) is 20.1. The van der Waals surface area contributed by atoms with Gasteiger partial charge in [0.25, 0.3) is 0 Å². The molecule has 0 atom stereocenters. The van der Waals surface area contributed by atoms with Gasteiger partial charge in [-0.3, -0.25) is 9.80 Å². The van der Waals surface area contributed by atoms with E-state index in [0.29, 0.717) is 18.3 Å². The molecular formula is C22H25BrN4O2. The summed E-state index contributed by atoms with van der Waals surface area (Å²) in [6.07, 6.45) is 0. The van der Waals surface area contributed by atoms with Crippen molar-refractivity contribution < 1.29 is 9.26 Å². The lowest BCUT2D eigenvalue weighted by atomic mass is 10.1. The monoisotopic (exact) mass is 456 g/mol. The van der Waals surface area contributed by atoms with E-state index in [0.717, 1.165) is 48.5 Å². The van der Waals surface area contributed by atoms with Crippen LogP contribution >= 0.6 is 15.9 Å². The van der Waals surface area contributed by atoms with Gasteiger partial charge in [0.15, 0.2) is 0 Å². The molecule has 1 fully saturated rings. The molecule has 2 aromatic carbocycles. The highest BCUT2D eigenvalue weighted by Crippen LogP contribution is 2.26. The molecule has 0 N–H and O–H groups in total. The molecule has 1 aliphatic rings. The molecule has 7 heteroatoms.